The summed E-state index contributed by atoms with van der Waals surface area (Å²) in [5.74, 6) is 4.76. The summed E-state index contributed by atoms with van der Waals surface area (Å²) in [4.78, 5) is 12.3. The van der Waals surface area contributed by atoms with E-state index in [0.29, 0.717) is 41.1 Å². The third kappa shape index (κ3) is 5.00. The SMILES string of the molecule is C[C@]12CCC3c4ccc(O)cc4CCC3C1CC[C@@H]2O.C[C@]12CCC3c4ccc(OS(N)(=O)=O)cc4CCC3C1CCC2=O. The molecular formula is C36H47NO6S. The number of hydrogen-bond acceptors (Lipinski definition) is 6. The summed E-state index contributed by atoms with van der Waals surface area (Å²) in [6, 6.07) is 11.5. The minimum Gasteiger partial charge on any atom is -0.508 e. The molecule has 2 aromatic rings. The number of aromatic hydroxyl groups is 1. The van der Waals surface area contributed by atoms with Crippen LogP contribution in [0.1, 0.15) is 112 Å². The molecule has 0 saturated heterocycles. The minimum absolute atomic E-state index is 0.0883. The molecule has 44 heavy (non-hydrogen) atoms. The maximum Gasteiger partial charge on any atom is 0.380 e. The Morgan fingerprint density at radius 2 is 1.43 bits per heavy atom. The number of aliphatic hydroxyl groups excluding tert-OH is 1. The van der Waals surface area contributed by atoms with Crippen molar-refractivity contribution in [3.8, 4) is 11.5 Å². The van der Waals surface area contributed by atoms with Gasteiger partial charge in [0, 0.05) is 11.8 Å². The van der Waals surface area contributed by atoms with Crippen molar-refractivity contribution in [1.29, 1.82) is 0 Å². The second-order valence-electron chi connectivity index (χ2n) is 15.2. The van der Waals surface area contributed by atoms with E-state index < -0.39 is 10.3 Å². The first kappa shape index (κ1) is 30.2. The highest BCUT2D eigenvalue weighted by molar-refractivity contribution is 7.84. The Morgan fingerprint density at radius 1 is 0.795 bits per heavy atom. The molecule has 9 atom stereocenters. The quantitative estimate of drug-likeness (QED) is 0.361. The van der Waals surface area contributed by atoms with E-state index in [1.54, 1.807) is 6.07 Å². The van der Waals surface area contributed by atoms with E-state index in [-0.39, 0.29) is 22.7 Å². The molecule has 4 saturated carbocycles. The molecule has 4 N–H and O–H groups in total. The van der Waals surface area contributed by atoms with Gasteiger partial charge in [0.25, 0.3) is 0 Å². The van der Waals surface area contributed by atoms with Crippen molar-refractivity contribution in [1.82, 2.24) is 0 Å². The van der Waals surface area contributed by atoms with Crippen LogP contribution in [0.4, 0.5) is 0 Å². The van der Waals surface area contributed by atoms with Gasteiger partial charge in [-0.3, -0.25) is 4.79 Å². The molecule has 0 aliphatic heterocycles. The smallest absolute Gasteiger partial charge is 0.380 e. The van der Waals surface area contributed by atoms with Gasteiger partial charge in [-0.05, 0) is 158 Å². The van der Waals surface area contributed by atoms with Crippen molar-refractivity contribution in [2.45, 2.75) is 109 Å². The first-order chi connectivity index (χ1) is 20.9. The molecule has 8 rings (SSSR count). The summed E-state index contributed by atoms with van der Waals surface area (Å²) in [5.41, 5.74) is 5.33. The van der Waals surface area contributed by atoms with Crippen molar-refractivity contribution in [3.05, 3.63) is 58.7 Å². The second-order valence-corrected chi connectivity index (χ2v) is 16.4. The van der Waals surface area contributed by atoms with Crippen LogP contribution in [0.5, 0.6) is 11.5 Å². The Bertz CT molecular complexity index is 1570. The Balaban J connectivity index is 0.000000144. The fourth-order valence-corrected chi connectivity index (χ4v) is 11.4. The van der Waals surface area contributed by atoms with Gasteiger partial charge in [0.2, 0.25) is 0 Å². The fraction of sp³-hybridized carbons (Fsp3) is 0.639. The van der Waals surface area contributed by atoms with Crippen LogP contribution < -0.4 is 9.32 Å². The van der Waals surface area contributed by atoms with Gasteiger partial charge in [0.05, 0.1) is 6.10 Å². The van der Waals surface area contributed by atoms with Crippen LogP contribution in [-0.4, -0.2) is 30.5 Å². The van der Waals surface area contributed by atoms with Crippen LogP contribution in [0.25, 0.3) is 0 Å². The standard InChI is InChI=1S/C18H23NO4S.C18H24O2/c1-18-9-8-14-13-5-3-12(23-24(19,21)22)10-11(13)2-4-15(14)16(18)6-7-17(18)20;1-18-9-8-14-13-5-3-12(19)10-11(13)2-4-15(14)16(18)6-7-17(18)20/h3,5,10,14-16H,2,4,6-9H2,1H3,(H2,19,21,22);3,5,10,14-17,19-20H,2,4,6-9H2,1H3/t14?,15?,16?,18-;14?,15?,16?,17-,18-/m00/s1. The second kappa shape index (κ2) is 10.8. The summed E-state index contributed by atoms with van der Waals surface area (Å²) in [6.45, 7) is 4.49. The number of carbonyl (C=O) groups excluding carboxylic acids is 1. The molecule has 6 aliphatic carbocycles. The lowest BCUT2D eigenvalue weighted by molar-refractivity contribution is -0.129. The molecule has 238 valence electrons. The zero-order valence-corrected chi connectivity index (χ0v) is 26.8. The normalized spacial score (nSPS) is 38.5. The molecule has 6 aliphatic rings. The van der Waals surface area contributed by atoms with Gasteiger partial charge < -0.3 is 14.4 Å². The zero-order valence-electron chi connectivity index (χ0n) is 26.0. The number of phenolic OH excluding ortho intramolecular Hbond substituents is 1. The summed E-state index contributed by atoms with van der Waals surface area (Å²) in [7, 11) is -3.99. The Labute approximate surface area is 261 Å². The largest absolute Gasteiger partial charge is 0.508 e. The molecule has 4 fully saturated rings. The lowest BCUT2D eigenvalue weighted by Gasteiger charge is -2.50. The summed E-state index contributed by atoms with van der Waals surface area (Å²) in [6.07, 6.45) is 12.5. The number of benzene rings is 2. The molecule has 0 bridgehead atoms. The highest BCUT2D eigenvalue weighted by Crippen LogP contribution is 2.61. The van der Waals surface area contributed by atoms with Gasteiger partial charge in [-0.2, -0.15) is 13.6 Å². The molecule has 0 heterocycles. The number of carbonyl (C=O) groups is 1. The number of nitrogens with two attached hydrogens (primary N) is 1. The Kier molecular flexibility index (Phi) is 7.45. The van der Waals surface area contributed by atoms with Crippen LogP contribution in [0.3, 0.4) is 0 Å². The number of ketones is 1. The van der Waals surface area contributed by atoms with E-state index in [1.807, 2.05) is 24.3 Å². The number of phenols is 1. The molecule has 7 nitrogen and oxygen atoms in total. The summed E-state index contributed by atoms with van der Waals surface area (Å²) < 4.78 is 27.0. The van der Waals surface area contributed by atoms with E-state index in [4.69, 9.17) is 9.32 Å². The van der Waals surface area contributed by atoms with Crippen LogP contribution in [0.2, 0.25) is 0 Å². The Morgan fingerprint density at radius 3 is 2.14 bits per heavy atom. The third-order valence-electron chi connectivity index (χ3n) is 13.3. The van der Waals surface area contributed by atoms with E-state index >= 15 is 0 Å². The molecule has 0 spiro atoms. The van der Waals surface area contributed by atoms with Crippen LogP contribution in [-0.2, 0) is 27.9 Å². The molecule has 0 radical (unpaired) electrons. The molecule has 6 unspecified atom stereocenters. The third-order valence-corrected chi connectivity index (χ3v) is 13.7. The van der Waals surface area contributed by atoms with Crippen molar-refractivity contribution in [2.24, 2.45) is 39.6 Å². The number of hydrogen-bond donors (Lipinski definition) is 3. The van der Waals surface area contributed by atoms with E-state index in [2.05, 4.69) is 19.9 Å². The van der Waals surface area contributed by atoms with Gasteiger partial charge in [-0.15, -0.1) is 0 Å². The average Bonchev–Trinajstić information content (AvgIpc) is 3.46. The van der Waals surface area contributed by atoms with Crippen LogP contribution in [0.15, 0.2) is 36.4 Å². The van der Waals surface area contributed by atoms with Gasteiger partial charge in [0.15, 0.2) is 0 Å². The number of fused-ring (bicyclic) bond motifs is 10. The predicted molar refractivity (Wildman–Crippen MR) is 169 cm³/mol. The van der Waals surface area contributed by atoms with Crippen LogP contribution >= 0.6 is 0 Å². The topological polar surface area (TPSA) is 127 Å². The Hall–Kier alpha value is -2.42. The zero-order chi connectivity index (χ0) is 31.0. The van der Waals surface area contributed by atoms with E-state index in [0.717, 1.165) is 69.3 Å². The average molecular weight is 622 g/mol. The lowest BCUT2D eigenvalue weighted by atomic mass is 9.55. The van der Waals surface area contributed by atoms with Crippen molar-refractivity contribution in [2.75, 3.05) is 0 Å². The maximum absolute atomic E-state index is 12.3. The van der Waals surface area contributed by atoms with Crippen molar-refractivity contribution < 1.29 is 27.6 Å². The van der Waals surface area contributed by atoms with Gasteiger partial charge in [-0.1, -0.05) is 26.0 Å². The monoisotopic (exact) mass is 621 g/mol. The molecule has 8 heteroatoms. The van der Waals surface area contributed by atoms with Gasteiger partial charge in [0.1, 0.15) is 17.3 Å². The van der Waals surface area contributed by atoms with Gasteiger partial charge in [-0.25, -0.2) is 0 Å². The maximum atomic E-state index is 12.3. The number of aliphatic hydroxyl groups is 1. The van der Waals surface area contributed by atoms with Crippen molar-refractivity contribution >= 4 is 16.1 Å². The highest BCUT2D eigenvalue weighted by Gasteiger charge is 2.55. The molecule has 2 aromatic carbocycles. The lowest BCUT2D eigenvalue weighted by Crippen LogP contribution is -2.43. The molecular weight excluding hydrogens is 574 g/mol. The van der Waals surface area contributed by atoms with Crippen molar-refractivity contribution in [3.63, 3.8) is 0 Å². The first-order valence-electron chi connectivity index (χ1n) is 16.8. The number of Topliss-reactive ketones (excluding diaryl/α,β-unsaturated/α-hetero) is 1. The highest BCUT2D eigenvalue weighted by atomic mass is 32.2. The van der Waals surface area contributed by atoms with Gasteiger partial charge >= 0.3 is 10.3 Å². The van der Waals surface area contributed by atoms with E-state index in [1.165, 1.54) is 36.0 Å². The summed E-state index contributed by atoms with van der Waals surface area (Å²) in [5, 5.41) is 25.0. The van der Waals surface area contributed by atoms with E-state index in [9.17, 15) is 23.4 Å². The first-order valence-corrected chi connectivity index (χ1v) is 18.2. The van der Waals surface area contributed by atoms with Crippen LogP contribution in [0, 0.1) is 34.5 Å². The predicted octanol–water partition coefficient (Wildman–Crippen LogP) is 6.30. The number of rotatable bonds is 2. The summed E-state index contributed by atoms with van der Waals surface area (Å²) >= 11 is 0. The minimum atomic E-state index is -3.99. The molecule has 0 amide bonds. The molecule has 0 aromatic heterocycles. The fourth-order valence-electron chi connectivity index (χ4n) is 11.1. The number of aryl methyl sites for hydroxylation is 2.